The Bertz CT molecular complexity index is 354. The molecule has 1 aromatic heterocycles. The van der Waals surface area contributed by atoms with Crippen LogP contribution in [-0.2, 0) is 4.74 Å². The quantitative estimate of drug-likeness (QED) is 0.746. The molecule has 3 atom stereocenters. The Balaban J connectivity index is 2.67. The molecule has 0 bridgehead atoms. The molecule has 0 aliphatic carbocycles. The zero-order valence-electron chi connectivity index (χ0n) is 12.8. The number of aromatic nitrogens is 2. The van der Waals surface area contributed by atoms with Crippen molar-refractivity contribution in [2.24, 2.45) is 0 Å². The second-order valence-electron chi connectivity index (χ2n) is 4.85. The molecule has 5 nitrogen and oxygen atoms in total. The van der Waals surface area contributed by atoms with E-state index in [1.54, 1.807) is 0 Å². The molecule has 0 saturated heterocycles. The summed E-state index contributed by atoms with van der Waals surface area (Å²) in [6.45, 7) is 12.0. The van der Waals surface area contributed by atoms with Gasteiger partial charge in [-0.25, -0.2) is 0 Å². The van der Waals surface area contributed by atoms with E-state index in [-0.39, 0.29) is 12.0 Å². The lowest BCUT2D eigenvalue weighted by Gasteiger charge is -2.20. The highest BCUT2D eigenvalue weighted by Crippen LogP contribution is 2.22. The molecule has 0 aliphatic rings. The molecule has 1 heterocycles. The highest BCUT2D eigenvalue weighted by molar-refractivity contribution is 4.98. The van der Waals surface area contributed by atoms with Crippen LogP contribution < -0.4 is 5.32 Å². The molecule has 1 N–H and O–H groups in total. The van der Waals surface area contributed by atoms with Crippen LogP contribution in [0.5, 0.6) is 0 Å². The van der Waals surface area contributed by atoms with Gasteiger partial charge in [0, 0.05) is 12.6 Å². The zero-order chi connectivity index (χ0) is 14.3. The molecule has 0 fully saturated rings. The molecule has 0 aliphatic heterocycles. The standard InChI is InChI=1S/C14H27N3O2/c1-6-9-15-12(7-2)10(4)14-16-13(17-19-14)11(5)18-8-3/h10-12,15H,6-9H2,1-5H3. The minimum atomic E-state index is -0.113. The molecule has 19 heavy (non-hydrogen) atoms. The number of rotatable bonds is 9. The van der Waals surface area contributed by atoms with Crippen molar-refractivity contribution < 1.29 is 9.26 Å². The molecule has 0 saturated carbocycles. The normalized spacial score (nSPS) is 16.3. The van der Waals surface area contributed by atoms with Gasteiger partial charge in [0.15, 0.2) is 5.82 Å². The molecule has 0 amide bonds. The van der Waals surface area contributed by atoms with E-state index in [0.717, 1.165) is 19.4 Å². The second-order valence-corrected chi connectivity index (χ2v) is 4.85. The summed E-state index contributed by atoms with van der Waals surface area (Å²) in [6.07, 6.45) is 2.05. The molecule has 0 aromatic carbocycles. The number of nitrogens with one attached hydrogen (secondary N) is 1. The van der Waals surface area contributed by atoms with Crippen molar-refractivity contribution in [3.05, 3.63) is 11.7 Å². The fourth-order valence-corrected chi connectivity index (χ4v) is 2.10. The monoisotopic (exact) mass is 269 g/mol. The van der Waals surface area contributed by atoms with E-state index in [1.165, 1.54) is 0 Å². The van der Waals surface area contributed by atoms with Crippen molar-refractivity contribution in [3.63, 3.8) is 0 Å². The molecular weight excluding hydrogens is 242 g/mol. The smallest absolute Gasteiger partial charge is 0.231 e. The third kappa shape index (κ3) is 4.58. The first-order chi connectivity index (χ1) is 9.13. The fraction of sp³-hybridized carbons (Fsp3) is 0.857. The lowest BCUT2D eigenvalue weighted by Crippen LogP contribution is -2.33. The molecule has 5 heteroatoms. The Morgan fingerprint density at radius 1 is 1.26 bits per heavy atom. The maximum atomic E-state index is 5.47. The summed E-state index contributed by atoms with van der Waals surface area (Å²) in [6, 6.07) is 0.371. The lowest BCUT2D eigenvalue weighted by atomic mass is 9.99. The first-order valence-corrected chi connectivity index (χ1v) is 7.32. The number of ether oxygens (including phenoxy) is 1. The first-order valence-electron chi connectivity index (χ1n) is 7.32. The number of nitrogens with zero attached hydrogens (tertiary/aromatic N) is 2. The van der Waals surface area contributed by atoms with Crippen molar-refractivity contribution in [2.45, 2.75) is 65.5 Å². The van der Waals surface area contributed by atoms with Crippen molar-refractivity contribution in [1.82, 2.24) is 15.5 Å². The maximum absolute atomic E-state index is 5.47. The van der Waals surface area contributed by atoms with Crippen LogP contribution in [0.15, 0.2) is 4.52 Å². The zero-order valence-corrected chi connectivity index (χ0v) is 12.8. The van der Waals surface area contributed by atoms with E-state index in [4.69, 9.17) is 9.26 Å². The third-order valence-corrected chi connectivity index (χ3v) is 3.33. The summed E-state index contributed by atoms with van der Waals surface area (Å²) in [5, 5.41) is 7.54. The van der Waals surface area contributed by atoms with Crippen LogP contribution in [0.3, 0.4) is 0 Å². The minimum absolute atomic E-state index is 0.113. The van der Waals surface area contributed by atoms with Gasteiger partial charge in [-0.15, -0.1) is 0 Å². The fourth-order valence-electron chi connectivity index (χ4n) is 2.10. The van der Waals surface area contributed by atoms with Crippen molar-refractivity contribution in [1.29, 1.82) is 0 Å². The van der Waals surface area contributed by atoms with Crippen LogP contribution in [0.4, 0.5) is 0 Å². The molecule has 0 radical (unpaired) electrons. The third-order valence-electron chi connectivity index (χ3n) is 3.33. The van der Waals surface area contributed by atoms with Crippen molar-refractivity contribution >= 4 is 0 Å². The van der Waals surface area contributed by atoms with E-state index >= 15 is 0 Å². The average Bonchev–Trinajstić information content (AvgIpc) is 2.89. The second kappa shape index (κ2) is 8.27. The summed E-state index contributed by atoms with van der Waals surface area (Å²) in [5.41, 5.74) is 0. The van der Waals surface area contributed by atoms with Crippen LogP contribution in [0, 0.1) is 0 Å². The Morgan fingerprint density at radius 3 is 2.58 bits per heavy atom. The minimum Gasteiger partial charge on any atom is -0.371 e. The average molecular weight is 269 g/mol. The van der Waals surface area contributed by atoms with Gasteiger partial charge in [-0.05, 0) is 33.2 Å². The molecule has 110 valence electrons. The van der Waals surface area contributed by atoms with Crippen LogP contribution in [0.25, 0.3) is 0 Å². The first kappa shape index (κ1) is 16.1. The molecule has 1 rings (SSSR count). The van der Waals surface area contributed by atoms with Crippen LogP contribution >= 0.6 is 0 Å². The molecular formula is C14H27N3O2. The van der Waals surface area contributed by atoms with Gasteiger partial charge in [0.2, 0.25) is 5.89 Å². The number of hydrogen-bond acceptors (Lipinski definition) is 5. The Hall–Kier alpha value is -0.940. The van der Waals surface area contributed by atoms with E-state index in [1.807, 2.05) is 13.8 Å². The largest absolute Gasteiger partial charge is 0.371 e. The summed E-state index contributed by atoms with van der Waals surface area (Å²) < 4.78 is 10.8. The van der Waals surface area contributed by atoms with Crippen LogP contribution in [-0.4, -0.2) is 29.3 Å². The van der Waals surface area contributed by atoms with Gasteiger partial charge >= 0.3 is 0 Å². The molecule has 0 spiro atoms. The summed E-state index contributed by atoms with van der Waals surface area (Å²) in [7, 11) is 0. The summed E-state index contributed by atoms with van der Waals surface area (Å²) >= 11 is 0. The Morgan fingerprint density at radius 2 is 2.00 bits per heavy atom. The molecule has 1 aromatic rings. The maximum Gasteiger partial charge on any atom is 0.231 e. The van der Waals surface area contributed by atoms with Gasteiger partial charge in [-0.2, -0.15) is 4.98 Å². The van der Waals surface area contributed by atoms with Crippen LogP contribution in [0.1, 0.15) is 71.2 Å². The summed E-state index contributed by atoms with van der Waals surface area (Å²) in [5.74, 6) is 1.54. The van der Waals surface area contributed by atoms with Gasteiger partial charge < -0.3 is 14.6 Å². The Kier molecular flexibility index (Phi) is 7.02. The van der Waals surface area contributed by atoms with Crippen molar-refractivity contribution in [2.75, 3.05) is 13.2 Å². The molecule has 3 unspecified atom stereocenters. The van der Waals surface area contributed by atoms with Gasteiger partial charge in [-0.1, -0.05) is 25.9 Å². The van der Waals surface area contributed by atoms with E-state index in [2.05, 4.69) is 36.2 Å². The van der Waals surface area contributed by atoms with Gasteiger partial charge in [0.25, 0.3) is 0 Å². The highest BCUT2D eigenvalue weighted by atomic mass is 16.5. The van der Waals surface area contributed by atoms with Crippen molar-refractivity contribution in [3.8, 4) is 0 Å². The van der Waals surface area contributed by atoms with E-state index in [9.17, 15) is 0 Å². The van der Waals surface area contributed by atoms with E-state index < -0.39 is 0 Å². The van der Waals surface area contributed by atoms with Crippen LogP contribution in [0.2, 0.25) is 0 Å². The highest BCUT2D eigenvalue weighted by Gasteiger charge is 2.23. The Labute approximate surface area is 116 Å². The summed E-state index contributed by atoms with van der Waals surface area (Å²) in [4.78, 5) is 4.46. The van der Waals surface area contributed by atoms with E-state index in [0.29, 0.717) is 24.4 Å². The topological polar surface area (TPSA) is 60.2 Å². The van der Waals surface area contributed by atoms with Gasteiger partial charge in [-0.3, -0.25) is 0 Å². The van der Waals surface area contributed by atoms with Gasteiger partial charge in [0.05, 0.1) is 5.92 Å². The predicted octanol–water partition coefficient (Wildman–Crippen LogP) is 3.05. The SMILES string of the molecule is CCCNC(CC)C(C)c1nc(C(C)OCC)no1. The lowest BCUT2D eigenvalue weighted by molar-refractivity contribution is 0.0683. The van der Waals surface area contributed by atoms with Gasteiger partial charge in [0.1, 0.15) is 6.10 Å². The predicted molar refractivity (Wildman–Crippen MR) is 75.1 cm³/mol. The number of hydrogen-bond donors (Lipinski definition) is 1.